The van der Waals surface area contributed by atoms with E-state index < -0.39 is 16.1 Å². The van der Waals surface area contributed by atoms with Crippen LogP contribution in [0.1, 0.15) is 28.9 Å². The highest BCUT2D eigenvalue weighted by Crippen LogP contribution is 2.17. The molecule has 116 valence electrons. The van der Waals surface area contributed by atoms with Gasteiger partial charge in [-0.3, -0.25) is 4.79 Å². The van der Waals surface area contributed by atoms with Gasteiger partial charge >= 0.3 is 0 Å². The lowest BCUT2D eigenvalue weighted by Gasteiger charge is -2.15. The zero-order valence-electron chi connectivity index (χ0n) is 11.7. The van der Waals surface area contributed by atoms with Gasteiger partial charge in [0.25, 0.3) is 5.91 Å². The van der Waals surface area contributed by atoms with E-state index in [1.165, 1.54) is 12.1 Å². The summed E-state index contributed by atoms with van der Waals surface area (Å²) in [6, 6.07) is 9.02. The molecule has 6 nitrogen and oxygen atoms in total. The van der Waals surface area contributed by atoms with Crippen LogP contribution in [0.5, 0.6) is 0 Å². The monoisotopic (exact) mass is 337 g/mol. The molecule has 0 aliphatic heterocycles. The zero-order valence-corrected chi connectivity index (χ0v) is 13.4. The van der Waals surface area contributed by atoms with Crippen LogP contribution >= 0.6 is 12.2 Å². The largest absolute Gasteiger partial charge is 0.352 e. The van der Waals surface area contributed by atoms with Gasteiger partial charge in [0, 0.05) is 6.20 Å². The highest BCUT2D eigenvalue weighted by Gasteiger charge is 2.15. The van der Waals surface area contributed by atoms with E-state index >= 15 is 0 Å². The molecule has 0 spiro atoms. The summed E-state index contributed by atoms with van der Waals surface area (Å²) < 4.78 is 23.1. The van der Waals surface area contributed by atoms with Crippen molar-refractivity contribution < 1.29 is 13.2 Å². The van der Waals surface area contributed by atoms with Crippen LogP contribution in [-0.4, -0.2) is 19.3 Å². The molecular formula is C14H15N3O3S2. The summed E-state index contributed by atoms with van der Waals surface area (Å²) in [6.45, 7) is 1.75. The Morgan fingerprint density at radius 1 is 1.32 bits per heavy atom. The molecule has 0 aliphatic carbocycles. The minimum atomic E-state index is -3.78. The smallest absolute Gasteiger partial charge is 0.254 e. The second kappa shape index (κ2) is 6.39. The van der Waals surface area contributed by atoms with Crippen molar-refractivity contribution in [1.82, 2.24) is 10.3 Å². The van der Waals surface area contributed by atoms with E-state index in [0.29, 0.717) is 15.8 Å². The van der Waals surface area contributed by atoms with Crippen LogP contribution in [0.2, 0.25) is 0 Å². The Bertz CT molecular complexity index is 859. The number of benzene rings is 1. The van der Waals surface area contributed by atoms with Crippen molar-refractivity contribution in [1.29, 1.82) is 0 Å². The maximum atomic E-state index is 12.2. The fourth-order valence-corrected chi connectivity index (χ4v) is 2.72. The molecule has 0 unspecified atom stereocenters. The molecule has 1 amide bonds. The van der Waals surface area contributed by atoms with Crippen molar-refractivity contribution in [2.24, 2.45) is 5.14 Å². The fraction of sp³-hybridized carbons (Fsp3) is 0.143. The minimum absolute atomic E-state index is 0.00287. The van der Waals surface area contributed by atoms with Crippen molar-refractivity contribution in [3.05, 3.63) is 58.4 Å². The molecule has 0 saturated heterocycles. The summed E-state index contributed by atoms with van der Waals surface area (Å²) in [5.41, 5.74) is 0.984. The lowest BCUT2D eigenvalue weighted by atomic mass is 10.1. The van der Waals surface area contributed by atoms with E-state index in [4.69, 9.17) is 17.4 Å². The first-order chi connectivity index (χ1) is 10.3. The van der Waals surface area contributed by atoms with Crippen LogP contribution in [0.15, 0.2) is 47.5 Å². The number of H-pyrrole nitrogens is 1. The number of pyridine rings is 1. The zero-order chi connectivity index (χ0) is 16.3. The molecule has 4 N–H and O–H groups in total. The first-order valence-corrected chi connectivity index (χ1v) is 8.36. The Morgan fingerprint density at radius 2 is 2.05 bits per heavy atom. The number of hydrogen-bond acceptors (Lipinski definition) is 4. The van der Waals surface area contributed by atoms with E-state index in [9.17, 15) is 13.2 Å². The Balaban J connectivity index is 2.23. The van der Waals surface area contributed by atoms with Gasteiger partial charge in [0.15, 0.2) is 0 Å². The van der Waals surface area contributed by atoms with Crippen LogP contribution in [0.4, 0.5) is 0 Å². The first kappa shape index (κ1) is 16.3. The van der Waals surface area contributed by atoms with Crippen LogP contribution in [-0.2, 0) is 10.0 Å². The molecule has 1 aromatic carbocycles. The molecular weight excluding hydrogens is 322 g/mol. The van der Waals surface area contributed by atoms with Gasteiger partial charge in [0.2, 0.25) is 10.0 Å². The van der Waals surface area contributed by atoms with Gasteiger partial charge in [-0.25, -0.2) is 13.6 Å². The Labute approximate surface area is 133 Å². The minimum Gasteiger partial charge on any atom is -0.352 e. The molecule has 2 aromatic rings. The molecule has 2 rings (SSSR count). The van der Waals surface area contributed by atoms with Gasteiger partial charge in [-0.2, -0.15) is 0 Å². The Kier molecular flexibility index (Phi) is 4.74. The van der Waals surface area contributed by atoms with Crippen LogP contribution in [0, 0.1) is 4.64 Å². The topological polar surface area (TPSA) is 105 Å². The van der Waals surface area contributed by atoms with Gasteiger partial charge in [0.05, 0.1) is 16.5 Å². The summed E-state index contributed by atoms with van der Waals surface area (Å²) >= 11 is 5.06. The van der Waals surface area contributed by atoms with Crippen LogP contribution < -0.4 is 10.5 Å². The third kappa shape index (κ3) is 3.79. The summed E-state index contributed by atoms with van der Waals surface area (Å²) in [5, 5.41) is 7.88. The van der Waals surface area contributed by atoms with Crippen molar-refractivity contribution >= 4 is 28.1 Å². The molecule has 22 heavy (non-hydrogen) atoms. The third-order valence-corrected chi connectivity index (χ3v) is 4.35. The predicted octanol–water partition coefficient (Wildman–Crippen LogP) is 1.88. The molecule has 1 aromatic heterocycles. The molecule has 0 aliphatic rings. The summed E-state index contributed by atoms with van der Waals surface area (Å²) in [4.78, 5) is 15.0. The number of primary sulfonamides is 1. The molecule has 0 fully saturated rings. The summed E-state index contributed by atoms with van der Waals surface area (Å²) in [6.07, 6.45) is 1.64. The lowest BCUT2D eigenvalue weighted by molar-refractivity contribution is 0.0939. The fourth-order valence-electron chi connectivity index (χ4n) is 1.92. The van der Waals surface area contributed by atoms with Crippen LogP contribution in [0.3, 0.4) is 0 Å². The number of nitrogens with two attached hydrogens (primary N) is 1. The lowest BCUT2D eigenvalue weighted by Crippen LogP contribution is -2.27. The van der Waals surface area contributed by atoms with Crippen molar-refractivity contribution in [2.75, 3.05) is 0 Å². The Hall–Kier alpha value is -2.03. The highest BCUT2D eigenvalue weighted by atomic mass is 32.2. The predicted molar refractivity (Wildman–Crippen MR) is 85.3 cm³/mol. The number of carbonyl (C=O) groups is 1. The molecule has 0 radical (unpaired) electrons. The number of amides is 1. The van der Waals surface area contributed by atoms with E-state index in [1.807, 2.05) is 0 Å². The number of carbonyl (C=O) groups excluding carboxylic acids is 1. The van der Waals surface area contributed by atoms with Gasteiger partial charge < -0.3 is 10.3 Å². The molecule has 0 saturated carbocycles. The normalized spacial score (nSPS) is 12.6. The van der Waals surface area contributed by atoms with Crippen LogP contribution in [0.25, 0.3) is 0 Å². The van der Waals surface area contributed by atoms with E-state index in [-0.39, 0.29) is 10.8 Å². The van der Waals surface area contributed by atoms with Crippen molar-refractivity contribution in [3.8, 4) is 0 Å². The molecule has 0 bridgehead atoms. The molecule has 1 atom stereocenters. The standard InChI is InChI=1S/C14H15N3O3S2/c1-9(10-4-2-5-11(8-10)22(15,19)20)17-13(18)12-6-3-7-16-14(12)21/h2-9H,1H3,(H,16,21)(H,17,18)(H2,15,19,20)/t9-/m1/s1. The Morgan fingerprint density at radius 3 is 2.68 bits per heavy atom. The third-order valence-electron chi connectivity index (χ3n) is 3.10. The SMILES string of the molecule is C[C@@H](NC(=O)c1ccc[nH]c1=S)c1cccc(S(N)(=O)=O)c1. The molecule has 1 heterocycles. The molecule has 8 heteroatoms. The van der Waals surface area contributed by atoms with E-state index in [2.05, 4.69) is 10.3 Å². The van der Waals surface area contributed by atoms with Crippen molar-refractivity contribution in [3.63, 3.8) is 0 Å². The second-order valence-corrected chi connectivity index (χ2v) is 6.70. The number of hydrogen-bond donors (Lipinski definition) is 3. The first-order valence-electron chi connectivity index (χ1n) is 6.40. The second-order valence-electron chi connectivity index (χ2n) is 4.73. The average molecular weight is 337 g/mol. The number of aromatic nitrogens is 1. The van der Waals surface area contributed by atoms with Gasteiger partial charge in [0.1, 0.15) is 4.64 Å². The number of rotatable bonds is 4. The summed E-state index contributed by atoms with van der Waals surface area (Å²) in [7, 11) is -3.78. The maximum absolute atomic E-state index is 12.2. The number of sulfonamides is 1. The van der Waals surface area contributed by atoms with Crippen molar-refractivity contribution in [2.45, 2.75) is 17.9 Å². The number of aromatic amines is 1. The van der Waals surface area contributed by atoms with Gasteiger partial charge in [-0.1, -0.05) is 24.4 Å². The van der Waals surface area contributed by atoms with Gasteiger partial charge in [-0.05, 0) is 36.8 Å². The summed E-state index contributed by atoms with van der Waals surface area (Å²) in [5.74, 6) is -0.338. The number of nitrogens with one attached hydrogen (secondary N) is 2. The average Bonchev–Trinajstić information content (AvgIpc) is 2.46. The quantitative estimate of drug-likeness (QED) is 0.741. The maximum Gasteiger partial charge on any atom is 0.254 e. The van der Waals surface area contributed by atoms with Gasteiger partial charge in [-0.15, -0.1) is 0 Å². The van der Waals surface area contributed by atoms with E-state index in [1.54, 1.807) is 37.4 Å². The highest BCUT2D eigenvalue weighted by molar-refractivity contribution is 7.89. The van der Waals surface area contributed by atoms with E-state index in [0.717, 1.165) is 0 Å².